The molecule has 0 aromatic heterocycles. The predicted molar refractivity (Wildman–Crippen MR) is 95.8 cm³/mol. The third-order valence-corrected chi connectivity index (χ3v) is 3.74. The van der Waals surface area contributed by atoms with Gasteiger partial charge in [0.2, 0.25) is 5.91 Å². The summed E-state index contributed by atoms with van der Waals surface area (Å²) in [4.78, 5) is 24.9. The van der Waals surface area contributed by atoms with E-state index in [1.54, 1.807) is 43.5 Å². The summed E-state index contributed by atoms with van der Waals surface area (Å²) in [5, 5.41) is 15.2. The molecule has 6 nitrogen and oxygen atoms in total. The maximum Gasteiger partial charge on any atom is 0.255 e. The maximum absolute atomic E-state index is 12.5. The van der Waals surface area contributed by atoms with Crippen molar-refractivity contribution in [3.63, 3.8) is 0 Å². The Morgan fingerprint density at radius 3 is 2.24 bits per heavy atom. The summed E-state index contributed by atoms with van der Waals surface area (Å²) >= 11 is 0. The van der Waals surface area contributed by atoms with Gasteiger partial charge in [0.05, 0.1) is 12.7 Å². The van der Waals surface area contributed by atoms with Crippen LogP contribution in [-0.2, 0) is 4.79 Å². The molecule has 0 fully saturated rings. The molecule has 2 aromatic carbocycles. The summed E-state index contributed by atoms with van der Waals surface area (Å²) in [5.41, 5.74) is 0.735. The number of phenolic OH excluding ortho intramolecular Hbond substituents is 1. The predicted octanol–water partition coefficient (Wildman–Crippen LogP) is 2.79. The van der Waals surface area contributed by atoms with E-state index >= 15 is 0 Å². The van der Waals surface area contributed by atoms with E-state index in [-0.39, 0.29) is 23.1 Å². The van der Waals surface area contributed by atoms with Crippen molar-refractivity contribution in [3.8, 4) is 11.5 Å². The molecule has 132 valence electrons. The molecular weight excluding hydrogens is 320 g/mol. The van der Waals surface area contributed by atoms with Gasteiger partial charge >= 0.3 is 0 Å². The highest BCUT2D eigenvalue weighted by atomic mass is 16.5. The molecule has 0 aliphatic heterocycles. The average molecular weight is 342 g/mol. The summed E-state index contributed by atoms with van der Waals surface area (Å²) in [5.74, 6) is -0.400. The highest BCUT2D eigenvalue weighted by Crippen LogP contribution is 2.18. The smallest absolute Gasteiger partial charge is 0.255 e. The van der Waals surface area contributed by atoms with Gasteiger partial charge in [0.25, 0.3) is 5.91 Å². The van der Waals surface area contributed by atoms with E-state index in [1.165, 1.54) is 12.1 Å². The molecule has 0 aliphatic rings. The standard InChI is InChI=1S/C19H22N2O4/c1-12(2)17(21-18(23)15-6-4-5-7-16(15)22)19(24)20-13-8-10-14(25-3)11-9-13/h4-12,17,22H,1-3H3,(H,20,24)(H,21,23). The summed E-state index contributed by atoms with van der Waals surface area (Å²) in [6, 6.07) is 12.4. The number of carbonyl (C=O) groups excluding carboxylic acids is 2. The molecule has 25 heavy (non-hydrogen) atoms. The molecule has 1 atom stereocenters. The zero-order valence-corrected chi connectivity index (χ0v) is 14.4. The van der Waals surface area contributed by atoms with Gasteiger partial charge in [-0.3, -0.25) is 9.59 Å². The van der Waals surface area contributed by atoms with Crippen LogP contribution in [0.4, 0.5) is 5.69 Å². The fourth-order valence-electron chi connectivity index (χ4n) is 2.31. The summed E-state index contributed by atoms with van der Waals surface area (Å²) < 4.78 is 5.08. The molecule has 3 N–H and O–H groups in total. The summed E-state index contributed by atoms with van der Waals surface area (Å²) in [6.07, 6.45) is 0. The third-order valence-electron chi connectivity index (χ3n) is 3.74. The van der Waals surface area contributed by atoms with Crippen LogP contribution >= 0.6 is 0 Å². The number of anilines is 1. The number of carbonyl (C=O) groups is 2. The fraction of sp³-hybridized carbons (Fsp3) is 0.263. The number of amides is 2. The van der Waals surface area contributed by atoms with Crippen molar-refractivity contribution in [2.75, 3.05) is 12.4 Å². The molecule has 0 bridgehead atoms. The van der Waals surface area contributed by atoms with Crippen LogP contribution in [0.5, 0.6) is 11.5 Å². The van der Waals surface area contributed by atoms with Crippen LogP contribution in [-0.4, -0.2) is 30.1 Å². The van der Waals surface area contributed by atoms with E-state index in [0.717, 1.165) is 0 Å². The van der Waals surface area contributed by atoms with Crippen LogP contribution in [0.1, 0.15) is 24.2 Å². The first-order valence-electron chi connectivity index (χ1n) is 7.96. The van der Waals surface area contributed by atoms with Gasteiger partial charge in [0.1, 0.15) is 17.5 Å². The molecule has 0 spiro atoms. The summed E-state index contributed by atoms with van der Waals surface area (Å²) in [7, 11) is 1.57. The number of nitrogens with one attached hydrogen (secondary N) is 2. The average Bonchev–Trinajstić information content (AvgIpc) is 2.60. The lowest BCUT2D eigenvalue weighted by Gasteiger charge is -2.22. The molecule has 0 saturated heterocycles. The topological polar surface area (TPSA) is 87.7 Å². The molecule has 1 unspecified atom stereocenters. The minimum atomic E-state index is -0.741. The van der Waals surface area contributed by atoms with Crippen molar-refractivity contribution in [2.45, 2.75) is 19.9 Å². The number of rotatable bonds is 6. The molecule has 0 heterocycles. The number of methoxy groups -OCH3 is 1. The highest BCUT2D eigenvalue weighted by Gasteiger charge is 2.25. The van der Waals surface area contributed by atoms with Gasteiger partial charge < -0.3 is 20.5 Å². The van der Waals surface area contributed by atoms with Crippen LogP contribution in [0.3, 0.4) is 0 Å². The molecule has 2 amide bonds. The Morgan fingerprint density at radius 1 is 1.04 bits per heavy atom. The van der Waals surface area contributed by atoms with Crippen molar-refractivity contribution in [3.05, 3.63) is 54.1 Å². The number of benzene rings is 2. The molecule has 6 heteroatoms. The molecule has 2 aromatic rings. The SMILES string of the molecule is COc1ccc(NC(=O)C(NC(=O)c2ccccc2O)C(C)C)cc1. The van der Waals surface area contributed by atoms with Gasteiger partial charge in [-0.1, -0.05) is 26.0 Å². The number of para-hydroxylation sites is 1. The van der Waals surface area contributed by atoms with Crippen LogP contribution in [0.15, 0.2) is 48.5 Å². The van der Waals surface area contributed by atoms with E-state index in [4.69, 9.17) is 4.74 Å². The highest BCUT2D eigenvalue weighted by molar-refractivity contribution is 6.02. The Bertz CT molecular complexity index is 741. The number of hydrogen-bond donors (Lipinski definition) is 3. The Labute approximate surface area is 146 Å². The van der Waals surface area contributed by atoms with Gasteiger partial charge in [-0.25, -0.2) is 0 Å². The number of aromatic hydroxyl groups is 1. The largest absolute Gasteiger partial charge is 0.507 e. The lowest BCUT2D eigenvalue weighted by molar-refractivity contribution is -0.118. The number of phenols is 1. The molecule has 2 rings (SSSR count). The van der Waals surface area contributed by atoms with E-state index in [2.05, 4.69) is 10.6 Å². The van der Waals surface area contributed by atoms with Crippen molar-refractivity contribution >= 4 is 17.5 Å². The van der Waals surface area contributed by atoms with Crippen LogP contribution in [0.25, 0.3) is 0 Å². The normalized spacial score (nSPS) is 11.7. The Hall–Kier alpha value is -3.02. The lowest BCUT2D eigenvalue weighted by atomic mass is 10.0. The van der Waals surface area contributed by atoms with E-state index in [0.29, 0.717) is 11.4 Å². The van der Waals surface area contributed by atoms with Gasteiger partial charge in [-0.15, -0.1) is 0 Å². The minimum Gasteiger partial charge on any atom is -0.507 e. The monoisotopic (exact) mass is 342 g/mol. The second kappa shape index (κ2) is 8.19. The Morgan fingerprint density at radius 2 is 1.68 bits per heavy atom. The second-order valence-corrected chi connectivity index (χ2v) is 5.93. The first kappa shape index (κ1) is 18.3. The quantitative estimate of drug-likeness (QED) is 0.753. The molecular formula is C19H22N2O4. The Balaban J connectivity index is 2.10. The van der Waals surface area contributed by atoms with Crippen LogP contribution < -0.4 is 15.4 Å². The van der Waals surface area contributed by atoms with E-state index in [1.807, 2.05) is 13.8 Å². The first-order chi connectivity index (χ1) is 11.9. The van der Waals surface area contributed by atoms with Crippen molar-refractivity contribution in [2.24, 2.45) is 5.92 Å². The van der Waals surface area contributed by atoms with Crippen molar-refractivity contribution in [1.29, 1.82) is 0 Å². The zero-order chi connectivity index (χ0) is 18.4. The Kier molecular flexibility index (Phi) is 6.00. The van der Waals surface area contributed by atoms with Gasteiger partial charge in [0.15, 0.2) is 0 Å². The van der Waals surface area contributed by atoms with Gasteiger partial charge in [-0.2, -0.15) is 0 Å². The second-order valence-electron chi connectivity index (χ2n) is 5.93. The van der Waals surface area contributed by atoms with Crippen LogP contribution in [0.2, 0.25) is 0 Å². The van der Waals surface area contributed by atoms with Crippen molar-refractivity contribution in [1.82, 2.24) is 5.32 Å². The van der Waals surface area contributed by atoms with Crippen molar-refractivity contribution < 1.29 is 19.4 Å². The van der Waals surface area contributed by atoms with Gasteiger partial charge in [0, 0.05) is 5.69 Å². The first-order valence-corrected chi connectivity index (χ1v) is 7.96. The minimum absolute atomic E-state index is 0.127. The molecule has 0 radical (unpaired) electrons. The maximum atomic E-state index is 12.5. The number of ether oxygens (including phenoxy) is 1. The molecule has 0 aliphatic carbocycles. The van der Waals surface area contributed by atoms with Gasteiger partial charge in [-0.05, 0) is 42.3 Å². The van der Waals surface area contributed by atoms with E-state index < -0.39 is 11.9 Å². The van der Waals surface area contributed by atoms with E-state index in [9.17, 15) is 14.7 Å². The number of hydrogen-bond acceptors (Lipinski definition) is 4. The zero-order valence-electron chi connectivity index (χ0n) is 14.4. The lowest BCUT2D eigenvalue weighted by Crippen LogP contribution is -2.47. The fourth-order valence-corrected chi connectivity index (χ4v) is 2.31. The third kappa shape index (κ3) is 4.73. The summed E-state index contributed by atoms with van der Waals surface area (Å²) in [6.45, 7) is 3.67. The van der Waals surface area contributed by atoms with Crippen LogP contribution in [0, 0.1) is 5.92 Å². The molecule has 0 saturated carbocycles.